The van der Waals surface area contributed by atoms with Crippen LogP contribution < -0.4 is 5.32 Å². The minimum atomic E-state index is -0.825. The number of rotatable bonds is 5. The minimum absolute atomic E-state index is 0.116. The second-order valence-electron chi connectivity index (χ2n) is 4.13. The lowest BCUT2D eigenvalue weighted by Crippen LogP contribution is -2.23. The van der Waals surface area contributed by atoms with Gasteiger partial charge < -0.3 is 19.5 Å². The van der Waals surface area contributed by atoms with Gasteiger partial charge in [-0.3, -0.25) is 14.9 Å². The number of hydrogen-bond acceptors (Lipinski definition) is 7. The number of hydrogen-bond donors (Lipinski definition) is 1. The van der Waals surface area contributed by atoms with E-state index in [1.807, 2.05) is 0 Å². The van der Waals surface area contributed by atoms with Crippen molar-refractivity contribution >= 4 is 23.3 Å². The number of carbonyl (C=O) groups excluding carboxylic acids is 2. The summed E-state index contributed by atoms with van der Waals surface area (Å²) in [7, 11) is 0. The summed E-state index contributed by atoms with van der Waals surface area (Å²) in [5.41, 5.74) is 0.0689. The molecule has 1 aliphatic rings. The summed E-state index contributed by atoms with van der Waals surface area (Å²) >= 11 is 0. The van der Waals surface area contributed by atoms with Crippen molar-refractivity contribution in [3.63, 3.8) is 0 Å². The van der Waals surface area contributed by atoms with Crippen molar-refractivity contribution in [1.29, 1.82) is 0 Å². The summed E-state index contributed by atoms with van der Waals surface area (Å²) in [6.45, 7) is 0.00703. The molecule has 22 heavy (non-hydrogen) atoms. The monoisotopic (exact) mass is 308 g/mol. The molecule has 0 radical (unpaired) electrons. The van der Waals surface area contributed by atoms with E-state index >= 15 is 0 Å². The van der Waals surface area contributed by atoms with Gasteiger partial charge in [0.1, 0.15) is 19.5 Å². The maximum atomic E-state index is 11.6. The molecule has 0 bridgehead atoms. The predicted molar refractivity (Wildman–Crippen MR) is 72.7 cm³/mol. The number of nitro groups is 1. The summed E-state index contributed by atoms with van der Waals surface area (Å²) in [6, 6.07) is 5.40. The molecule has 0 fully saturated rings. The third-order valence-electron chi connectivity index (χ3n) is 2.53. The first-order chi connectivity index (χ1) is 10.6. The van der Waals surface area contributed by atoms with Crippen LogP contribution in [0.5, 0.6) is 0 Å². The second-order valence-corrected chi connectivity index (χ2v) is 4.13. The maximum absolute atomic E-state index is 11.6. The highest BCUT2D eigenvalue weighted by atomic mass is 16.6. The Morgan fingerprint density at radius 2 is 2.18 bits per heavy atom. The van der Waals surface area contributed by atoms with Gasteiger partial charge in [0.25, 0.3) is 11.6 Å². The number of esters is 1. The van der Waals surface area contributed by atoms with Gasteiger partial charge in [-0.25, -0.2) is 4.79 Å². The number of amides is 1. The summed E-state index contributed by atoms with van der Waals surface area (Å²) in [6.07, 6.45) is 1.12. The van der Waals surface area contributed by atoms with Crippen LogP contribution in [0, 0.1) is 10.1 Å². The topological polar surface area (TPSA) is 117 Å². The fourth-order valence-corrected chi connectivity index (χ4v) is 1.57. The maximum Gasteiger partial charge on any atom is 0.377 e. The van der Waals surface area contributed by atoms with Crippen LogP contribution in [0.15, 0.2) is 36.3 Å². The Morgan fingerprint density at radius 3 is 2.86 bits per heavy atom. The van der Waals surface area contributed by atoms with E-state index in [1.54, 1.807) is 0 Å². The fourth-order valence-electron chi connectivity index (χ4n) is 1.57. The van der Waals surface area contributed by atoms with Gasteiger partial charge in [0, 0.05) is 17.8 Å². The Balaban J connectivity index is 1.85. The van der Waals surface area contributed by atoms with Gasteiger partial charge in [0.05, 0.1) is 4.92 Å². The van der Waals surface area contributed by atoms with E-state index in [9.17, 15) is 19.7 Å². The van der Waals surface area contributed by atoms with Crippen molar-refractivity contribution in [3.05, 3.63) is 46.4 Å². The first-order valence-corrected chi connectivity index (χ1v) is 6.22. The lowest BCUT2D eigenvalue weighted by atomic mass is 10.3. The minimum Gasteiger partial charge on any atom is -0.493 e. The van der Waals surface area contributed by atoms with E-state index < -0.39 is 23.4 Å². The summed E-state index contributed by atoms with van der Waals surface area (Å²) < 4.78 is 14.6. The lowest BCUT2D eigenvalue weighted by Gasteiger charge is -2.14. The van der Waals surface area contributed by atoms with Gasteiger partial charge >= 0.3 is 5.97 Å². The van der Waals surface area contributed by atoms with Crippen LogP contribution in [0.4, 0.5) is 11.4 Å². The zero-order valence-corrected chi connectivity index (χ0v) is 11.3. The van der Waals surface area contributed by atoms with Gasteiger partial charge in [-0.15, -0.1) is 0 Å². The number of benzene rings is 1. The summed E-state index contributed by atoms with van der Waals surface area (Å²) in [4.78, 5) is 33.2. The first-order valence-electron chi connectivity index (χ1n) is 6.22. The van der Waals surface area contributed by atoms with Crippen molar-refractivity contribution in [1.82, 2.24) is 0 Å². The van der Waals surface area contributed by atoms with Crippen molar-refractivity contribution in [3.8, 4) is 0 Å². The average Bonchev–Trinajstić information content (AvgIpc) is 2.53. The van der Waals surface area contributed by atoms with Crippen molar-refractivity contribution in [2.24, 2.45) is 0 Å². The molecule has 1 aromatic carbocycles. The average molecular weight is 308 g/mol. The van der Waals surface area contributed by atoms with E-state index in [4.69, 9.17) is 14.2 Å². The van der Waals surface area contributed by atoms with Gasteiger partial charge in [-0.05, 0) is 6.07 Å². The molecule has 1 aromatic rings. The normalized spacial score (nSPS) is 13.2. The molecule has 1 heterocycles. The third-order valence-corrected chi connectivity index (χ3v) is 2.53. The quantitative estimate of drug-likeness (QED) is 0.489. The molecular formula is C13H12N2O7. The third kappa shape index (κ3) is 4.20. The standard InChI is InChI=1S/C13H12N2O7/c16-12(8-22-13(17)11-7-20-4-5-21-11)14-9-2-1-3-10(6-9)15(18)19/h1-3,6-7H,4-5,8H2,(H,14,16). The van der Waals surface area contributed by atoms with Gasteiger partial charge in [-0.1, -0.05) is 6.07 Å². The zero-order valence-electron chi connectivity index (χ0n) is 11.3. The lowest BCUT2D eigenvalue weighted by molar-refractivity contribution is -0.384. The Labute approximate surface area is 124 Å². The van der Waals surface area contributed by atoms with Crippen molar-refractivity contribution in [2.75, 3.05) is 25.1 Å². The molecule has 0 saturated carbocycles. The predicted octanol–water partition coefficient (Wildman–Crippen LogP) is 0.965. The van der Waals surface area contributed by atoms with Gasteiger partial charge in [0.15, 0.2) is 6.61 Å². The van der Waals surface area contributed by atoms with Crippen LogP contribution in [0.2, 0.25) is 0 Å². The summed E-state index contributed by atoms with van der Waals surface area (Å²) in [5.74, 6) is -1.57. The highest BCUT2D eigenvalue weighted by Crippen LogP contribution is 2.16. The second kappa shape index (κ2) is 7.07. The highest BCUT2D eigenvalue weighted by molar-refractivity contribution is 5.94. The fraction of sp³-hybridized carbons (Fsp3) is 0.231. The molecule has 0 atom stereocenters. The van der Waals surface area contributed by atoms with Gasteiger partial charge in [0.2, 0.25) is 5.76 Å². The Bertz CT molecular complexity index is 627. The molecular weight excluding hydrogens is 296 g/mol. The number of non-ortho nitro benzene ring substituents is 1. The van der Waals surface area contributed by atoms with Crippen LogP contribution in [0.1, 0.15) is 0 Å². The first kappa shape index (κ1) is 15.3. The van der Waals surface area contributed by atoms with Crippen LogP contribution >= 0.6 is 0 Å². The van der Waals surface area contributed by atoms with Crippen molar-refractivity contribution in [2.45, 2.75) is 0 Å². The molecule has 0 unspecified atom stereocenters. The van der Waals surface area contributed by atoms with E-state index in [0.717, 1.165) is 6.26 Å². The SMILES string of the molecule is O=C(COC(=O)C1=COCCO1)Nc1cccc([N+](=O)[O-])c1. The smallest absolute Gasteiger partial charge is 0.377 e. The molecule has 9 heteroatoms. The molecule has 0 aromatic heterocycles. The molecule has 0 aliphatic carbocycles. The molecule has 0 spiro atoms. The Hall–Kier alpha value is -3.10. The molecule has 116 valence electrons. The van der Waals surface area contributed by atoms with Crippen LogP contribution in [-0.4, -0.2) is 36.6 Å². The summed E-state index contributed by atoms with van der Waals surface area (Å²) in [5, 5.41) is 13.0. The molecule has 1 amide bonds. The highest BCUT2D eigenvalue weighted by Gasteiger charge is 2.18. The Morgan fingerprint density at radius 1 is 1.36 bits per heavy atom. The number of nitro benzene ring substituents is 1. The van der Waals surface area contributed by atoms with E-state index in [2.05, 4.69) is 5.32 Å². The molecule has 0 saturated heterocycles. The molecule has 2 rings (SSSR count). The number of nitrogens with one attached hydrogen (secondary N) is 1. The number of anilines is 1. The molecule has 1 N–H and O–H groups in total. The number of carbonyl (C=O) groups is 2. The van der Waals surface area contributed by atoms with Crippen LogP contribution in [0.3, 0.4) is 0 Å². The Kier molecular flexibility index (Phi) is 4.91. The molecule has 9 nitrogen and oxygen atoms in total. The molecule has 1 aliphatic heterocycles. The van der Waals surface area contributed by atoms with Crippen LogP contribution in [-0.2, 0) is 23.8 Å². The van der Waals surface area contributed by atoms with Gasteiger partial charge in [-0.2, -0.15) is 0 Å². The number of ether oxygens (including phenoxy) is 3. The van der Waals surface area contributed by atoms with E-state index in [1.165, 1.54) is 24.3 Å². The van der Waals surface area contributed by atoms with E-state index in [-0.39, 0.29) is 23.7 Å². The van der Waals surface area contributed by atoms with Crippen LogP contribution in [0.25, 0.3) is 0 Å². The van der Waals surface area contributed by atoms with E-state index in [0.29, 0.717) is 6.61 Å². The number of nitrogens with zero attached hydrogens (tertiary/aromatic N) is 1. The largest absolute Gasteiger partial charge is 0.493 e. The zero-order chi connectivity index (χ0) is 15.9. The van der Waals surface area contributed by atoms with Crippen molar-refractivity contribution < 1.29 is 28.7 Å².